The number of nitrogens with zero attached hydrogens (tertiary/aromatic N) is 3. The number of carboxylic acid groups (broad SMARTS) is 1. The van der Waals surface area contributed by atoms with Gasteiger partial charge in [0.1, 0.15) is 5.56 Å². The molecular formula is C24H17F6N3O6. The number of carboxylic acids is 1. The van der Waals surface area contributed by atoms with Crippen molar-refractivity contribution < 1.29 is 46.1 Å². The molecule has 0 radical (unpaired) electrons. The SMILES string of the molecule is Cc1c(Cn2c(=O)c(C(=O)O)cn(-c3ccc4c(c3)C(O)(C(F)(F)F)C(=O)N4C)c2=O)cccc1C(F)(F)F. The fourth-order valence-electron chi connectivity index (χ4n) is 4.40. The average Bonchev–Trinajstić information content (AvgIpc) is 3.03. The Morgan fingerprint density at radius 3 is 2.23 bits per heavy atom. The summed E-state index contributed by atoms with van der Waals surface area (Å²) in [5.74, 6) is -3.54. The summed E-state index contributed by atoms with van der Waals surface area (Å²) >= 11 is 0. The first-order chi connectivity index (χ1) is 17.9. The van der Waals surface area contributed by atoms with E-state index in [4.69, 9.17) is 0 Å². The van der Waals surface area contributed by atoms with Crippen LogP contribution in [-0.4, -0.2) is 44.4 Å². The molecule has 1 amide bonds. The molecule has 1 unspecified atom stereocenters. The summed E-state index contributed by atoms with van der Waals surface area (Å²) in [6.45, 7) is 0.294. The van der Waals surface area contributed by atoms with Gasteiger partial charge >= 0.3 is 24.0 Å². The molecule has 2 heterocycles. The molecule has 0 spiro atoms. The van der Waals surface area contributed by atoms with Crippen LogP contribution < -0.4 is 16.1 Å². The topological polar surface area (TPSA) is 122 Å². The van der Waals surface area contributed by atoms with Crippen LogP contribution in [-0.2, 0) is 23.1 Å². The van der Waals surface area contributed by atoms with Gasteiger partial charge in [-0.2, -0.15) is 26.3 Å². The monoisotopic (exact) mass is 557 g/mol. The number of carbonyl (C=O) groups excluding carboxylic acids is 1. The Balaban J connectivity index is 1.96. The van der Waals surface area contributed by atoms with E-state index in [-0.39, 0.29) is 16.8 Å². The molecule has 0 saturated carbocycles. The molecule has 0 saturated heterocycles. The number of amides is 1. The minimum Gasteiger partial charge on any atom is -0.477 e. The summed E-state index contributed by atoms with van der Waals surface area (Å²) in [7, 11) is 0.983. The summed E-state index contributed by atoms with van der Waals surface area (Å²) in [5, 5.41) is 19.9. The number of benzene rings is 2. The number of fused-ring (bicyclic) bond motifs is 1. The van der Waals surface area contributed by atoms with E-state index in [0.29, 0.717) is 26.3 Å². The van der Waals surface area contributed by atoms with Crippen LogP contribution in [0.1, 0.15) is 32.6 Å². The largest absolute Gasteiger partial charge is 0.477 e. The number of hydrogen-bond donors (Lipinski definition) is 2. The fourth-order valence-corrected chi connectivity index (χ4v) is 4.40. The number of aromatic carboxylic acids is 1. The van der Waals surface area contributed by atoms with Crippen molar-refractivity contribution in [2.45, 2.75) is 31.4 Å². The highest BCUT2D eigenvalue weighted by Crippen LogP contribution is 2.49. The zero-order valence-electron chi connectivity index (χ0n) is 19.9. The standard InChI is InChI=1S/C24H17F6N3O6/c1-11-12(4-3-5-15(11)23(25,26)27)9-33-18(34)14(19(35)36)10-32(21(33)38)13-6-7-17-16(8-13)22(39,24(28,29)30)20(37)31(17)2/h3-8,10,39H,9H2,1-2H3,(H,35,36). The Hall–Kier alpha value is -4.40. The molecule has 206 valence electrons. The van der Waals surface area contributed by atoms with Crippen molar-refractivity contribution in [3.63, 3.8) is 0 Å². The van der Waals surface area contributed by atoms with Crippen molar-refractivity contribution in [2.75, 3.05) is 11.9 Å². The van der Waals surface area contributed by atoms with Crippen LogP contribution in [0.4, 0.5) is 32.0 Å². The molecule has 1 atom stereocenters. The summed E-state index contributed by atoms with van der Waals surface area (Å²) in [6, 6.07) is 5.66. The van der Waals surface area contributed by atoms with E-state index in [1.54, 1.807) is 0 Å². The van der Waals surface area contributed by atoms with Gasteiger partial charge in [-0.15, -0.1) is 0 Å². The van der Waals surface area contributed by atoms with Gasteiger partial charge in [-0.05, 0) is 42.3 Å². The van der Waals surface area contributed by atoms with Gasteiger partial charge in [-0.3, -0.25) is 18.7 Å². The van der Waals surface area contributed by atoms with E-state index in [1.165, 1.54) is 6.07 Å². The van der Waals surface area contributed by atoms with Crippen LogP contribution in [0, 0.1) is 6.92 Å². The lowest BCUT2D eigenvalue weighted by Crippen LogP contribution is -2.50. The van der Waals surface area contributed by atoms with Gasteiger partial charge < -0.3 is 15.1 Å². The number of aliphatic hydroxyl groups is 1. The van der Waals surface area contributed by atoms with Crippen molar-refractivity contribution in [3.05, 3.63) is 91.3 Å². The number of aromatic nitrogens is 2. The Morgan fingerprint density at radius 2 is 1.67 bits per heavy atom. The summed E-state index contributed by atoms with van der Waals surface area (Å²) in [6.07, 6.45) is -9.70. The Kier molecular flexibility index (Phi) is 6.25. The van der Waals surface area contributed by atoms with Crippen LogP contribution >= 0.6 is 0 Å². The van der Waals surface area contributed by atoms with Gasteiger partial charge in [0.05, 0.1) is 23.5 Å². The third-order valence-corrected chi connectivity index (χ3v) is 6.51. The molecule has 9 nitrogen and oxygen atoms in total. The predicted octanol–water partition coefficient (Wildman–Crippen LogP) is 2.80. The maximum Gasteiger partial charge on any atom is 0.430 e. The Morgan fingerprint density at radius 1 is 1.03 bits per heavy atom. The minimum atomic E-state index is -5.47. The van der Waals surface area contributed by atoms with Crippen LogP contribution in [0.15, 0.2) is 52.2 Å². The quantitative estimate of drug-likeness (QED) is 0.476. The molecule has 1 aliphatic heterocycles. The molecule has 2 aromatic carbocycles. The zero-order chi connectivity index (χ0) is 29.2. The third-order valence-electron chi connectivity index (χ3n) is 6.51. The number of rotatable bonds is 4. The van der Waals surface area contributed by atoms with Crippen LogP contribution in [0.2, 0.25) is 0 Å². The van der Waals surface area contributed by atoms with E-state index in [9.17, 15) is 55.7 Å². The first-order valence-electron chi connectivity index (χ1n) is 10.9. The van der Waals surface area contributed by atoms with Crippen molar-refractivity contribution in [3.8, 4) is 5.69 Å². The minimum absolute atomic E-state index is 0.147. The van der Waals surface area contributed by atoms with Crippen LogP contribution in [0.3, 0.4) is 0 Å². The molecule has 0 bridgehead atoms. The van der Waals surface area contributed by atoms with Gasteiger partial charge in [0.2, 0.25) is 0 Å². The lowest BCUT2D eigenvalue weighted by molar-refractivity contribution is -0.253. The first-order valence-corrected chi connectivity index (χ1v) is 10.9. The molecule has 39 heavy (non-hydrogen) atoms. The van der Waals surface area contributed by atoms with E-state index < -0.39 is 70.0 Å². The molecule has 2 N–H and O–H groups in total. The summed E-state index contributed by atoms with van der Waals surface area (Å²) in [4.78, 5) is 50.7. The number of carbonyl (C=O) groups is 2. The second kappa shape index (κ2) is 8.83. The van der Waals surface area contributed by atoms with Crippen LogP contribution in [0.5, 0.6) is 0 Å². The lowest BCUT2D eigenvalue weighted by Gasteiger charge is -2.24. The average molecular weight is 557 g/mol. The van der Waals surface area contributed by atoms with Crippen molar-refractivity contribution >= 4 is 17.6 Å². The molecule has 15 heteroatoms. The van der Waals surface area contributed by atoms with E-state index in [0.717, 1.165) is 38.2 Å². The van der Waals surface area contributed by atoms with E-state index in [1.807, 2.05) is 0 Å². The number of halogens is 6. The molecule has 4 rings (SSSR count). The van der Waals surface area contributed by atoms with E-state index in [2.05, 4.69) is 0 Å². The Bertz CT molecular complexity index is 1660. The highest BCUT2D eigenvalue weighted by molar-refractivity contribution is 6.07. The first kappa shape index (κ1) is 27.6. The van der Waals surface area contributed by atoms with Gasteiger partial charge in [0.25, 0.3) is 17.1 Å². The van der Waals surface area contributed by atoms with Gasteiger partial charge in [0.15, 0.2) is 0 Å². The van der Waals surface area contributed by atoms with Crippen molar-refractivity contribution in [1.82, 2.24) is 9.13 Å². The second-order valence-corrected chi connectivity index (χ2v) is 8.75. The molecule has 1 aliphatic rings. The third kappa shape index (κ3) is 4.18. The molecule has 1 aromatic heterocycles. The number of anilines is 1. The molecular weight excluding hydrogens is 540 g/mol. The number of likely N-dealkylation sites (N-methyl/N-ethyl adjacent to an activating group) is 1. The maximum absolute atomic E-state index is 13.8. The molecule has 0 fully saturated rings. The Labute approximate surface area is 213 Å². The molecule has 3 aromatic rings. The summed E-state index contributed by atoms with van der Waals surface area (Å²) < 4.78 is 82.2. The smallest absolute Gasteiger partial charge is 0.430 e. The normalized spacial score (nSPS) is 17.5. The predicted molar refractivity (Wildman–Crippen MR) is 122 cm³/mol. The fraction of sp³-hybridized carbons (Fsp3) is 0.250. The van der Waals surface area contributed by atoms with Gasteiger partial charge in [-0.1, -0.05) is 12.1 Å². The zero-order valence-corrected chi connectivity index (χ0v) is 19.9. The number of alkyl halides is 6. The molecule has 0 aliphatic carbocycles. The van der Waals surface area contributed by atoms with Gasteiger partial charge in [0, 0.05) is 18.8 Å². The number of hydrogen-bond acceptors (Lipinski definition) is 5. The van der Waals surface area contributed by atoms with Crippen molar-refractivity contribution in [1.29, 1.82) is 0 Å². The highest BCUT2D eigenvalue weighted by Gasteiger charge is 2.66. The van der Waals surface area contributed by atoms with Crippen LogP contribution in [0.25, 0.3) is 5.69 Å². The van der Waals surface area contributed by atoms with Gasteiger partial charge in [-0.25, -0.2) is 9.59 Å². The maximum atomic E-state index is 13.8. The lowest BCUT2D eigenvalue weighted by atomic mass is 9.94. The highest BCUT2D eigenvalue weighted by atomic mass is 19.4. The van der Waals surface area contributed by atoms with Crippen molar-refractivity contribution in [2.24, 2.45) is 0 Å². The summed E-state index contributed by atoms with van der Waals surface area (Å²) in [5.41, 5.74) is -10.9. The second-order valence-electron chi connectivity index (χ2n) is 8.75. The van der Waals surface area contributed by atoms with E-state index >= 15 is 0 Å².